The zero-order chi connectivity index (χ0) is 14.2. The molecule has 0 rings (SSSR count). The first-order valence-corrected chi connectivity index (χ1v) is 5.75. The number of carbonyl (C=O) groups is 2. The molecule has 0 unspecified atom stereocenters. The molecule has 4 heteroatoms. The molecule has 0 saturated carbocycles. The number of hydrogen-bond acceptors (Lipinski definition) is 2. The Kier molecular flexibility index (Phi) is 4.05. The molecule has 0 bridgehead atoms. The van der Waals surface area contributed by atoms with E-state index in [1.165, 1.54) is 4.90 Å². The van der Waals surface area contributed by atoms with E-state index in [9.17, 15) is 14.7 Å². The second-order valence-corrected chi connectivity index (χ2v) is 6.75. The summed E-state index contributed by atoms with van der Waals surface area (Å²) in [5, 5.41) is 9.67. The van der Waals surface area contributed by atoms with E-state index < -0.39 is 22.2 Å². The van der Waals surface area contributed by atoms with Gasteiger partial charge in [0.25, 0.3) is 0 Å². The van der Waals surface area contributed by atoms with Crippen LogP contribution in [0.3, 0.4) is 0 Å². The average molecular weight is 243 g/mol. The van der Waals surface area contributed by atoms with Crippen molar-refractivity contribution in [1.82, 2.24) is 4.90 Å². The van der Waals surface area contributed by atoms with E-state index in [0.29, 0.717) is 0 Å². The monoisotopic (exact) mass is 243 g/mol. The van der Waals surface area contributed by atoms with Crippen LogP contribution in [0.1, 0.15) is 41.5 Å². The van der Waals surface area contributed by atoms with Crippen molar-refractivity contribution in [2.45, 2.75) is 41.5 Å². The Balaban J connectivity index is 6.16. The minimum Gasteiger partial charge on any atom is -0.480 e. The number of aliphatic carboxylic acids is 1. The molecule has 0 aliphatic rings. The molecule has 0 aliphatic heterocycles. The minimum atomic E-state index is -1.44. The third-order valence-corrected chi connectivity index (χ3v) is 3.30. The SMILES string of the molecule is CN(C)C(=O)C(C(=O)O)(C(C)(C)C)C(C)(C)C. The van der Waals surface area contributed by atoms with E-state index in [1.54, 1.807) is 55.6 Å². The van der Waals surface area contributed by atoms with Gasteiger partial charge in [-0.2, -0.15) is 0 Å². The summed E-state index contributed by atoms with van der Waals surface area (Å²) in [5.41, 5.74) is -2.78. The summed E-state index contributed by atoms with van der Waals surface area (Å²) >= 11 is 0. The lowest BCUT2D eigenvalue weighted by Gasteiger charge is -2.49. The van der Waals surface area contributed by atoms with Crippen molar-refractivity contribution in [3.63, 3.8) is 0 Å². The van der Waals surface area contributed by atoms with Crippen LogP contribution in [-0.2, 0) is 9.59 Å². The molecule has 0 spiro atoms. The van der Waals surface area contributed by atoms with E-state index in [1.807, 2.05) is 0 Å². The standard InChI is InChI=1S/C13H25NO3/c1-11(2,3)13(10(16)17,12(4,5)6)9(15)14(7)8/h1-8H3,(H,16,17). The number of carboxylic acids is 1. The third-order valence-electron chi connectivity index (χ3n) is 3.30. The molecule has 17 heavy (non-hydrogen) atoms. The highest BCUT2D eigenvalue weighted by Crippen LogP contribution is 2.52. The number of carbonyl (C=O) groups excluding carboxylic acids is 1. The van der Waals surface area contributed by atoms with Gasteiger partial charge in [-0.15, -0.1) is 0 Å². The molecule has 1 amide bonds. The highest BCUT2D eigenvalue weighted by atomic mass is 16.4. The largest absolute Gasteiger partial charge is 0.480 e. The molecule has 0 aromatic rings. The first-order chi connectivity index (χ1) is 7.30. The molecule has 0 atom stereocenters. The number of hydrogen-bond donors (Lipinski definition) is 1. The fourth-order valence-corrected chi connectivity index (χ4v) is 2.84. The summed E-state index contributed by atoms with van der Waals surface area (Å²) in [6, 6.07) is 0. The van der Waals surface area contributed by atoms with E-state index in [4.69, 9.17) is 0 Å². The van der Waals surface area contributed by atoms with Crippen molar-refractivity contribution in [2.24, 2.45) is 16.2 Å². The molecular weight excluding hydrogens is 218 g/mol. The van der Waals surface area contributed by atoms with E-state index in [2.05, 4.69) is 0 Å². The molecular formula is C13H25NO3. The van der Waals surface area contributed by atoms with Gasteiger partial charge in [-0.3, -0.25) is 9.59 Å². The van der Waals surface area contributed by atoms with Crippen LogP contribution in [0.4, 0.5) is 0 Å². The van der Waals surface area contributed by atoms with Crippen LogP contribution in [0.5, 0.6) is 0 Å². The Bertz CT molecular complexity index is 305. The van der Waals surface area contributed by atoms with Gasteiger partial charge in [-0.25, -0.2) is 0 Å². The highest BCUT2D eigenvalue weighted by Gasteiger charge is 2.62. The Morgan fingerprint density at radius 2 is 1.18 bits per heavy atom. The van der Waals surface area contributed by atoms with Crippen molar-refractivity contribution in [2.75, 3.05) is 14.1 Å². The van der Waals surface area contributed by atoms with Crippen LogP contribution in [0, 0.1) is 16.2 Å². The first kappa shape index (κ1) is 15.9. The lowest BCUT2D eigenvalue weighted by atomic mass is 9.53. The van der Waals surface area contributed by atoms with Gasteiger partial charge < -0.3 is 10.0 Å². The van der Waals surface area contributed by atoms with Crippen molar-refractivity contribution < 1.29 is 14.7 Å². The summed E-state index contributed by atoms with van der Waals surface area (Å²) in [4.78, 5) is 25.6. The minimum absolute atomic E-state index is 0.356. The van der Waals surface area contributed by atoms with E-state index in [-0.39, 0.29) is 5.91 Å². The average Bonchev–Trinajstić information content (AvgIpc) is 1.97. The van der Waals surface area contributed by atoms with Gasteiger partial charge in [-0.05, 0) is 10.8 Å². The van der Waals surface area contributed by atoms with E-state index in [0.717, 1.165) is 0 Å². The van der Waals surface area contributed by atoms with Crippen LogP contribution < -0.4 is 0 Å². The van der Waals surface area contributed by atoms with Gasteiger partial charge in [0, 0.05) is 14.1 Å². The molecule has 0 aromatic heterocycles. The fraction of sp³-hybridized carbons (Fsp3) is 0.846. The number of amides is 1. The molecule has 100 valence electrons. The van der Waals surface area contributed by atoms with Gasteiger partial charge in [0.2, 0.25) is 5.91 Å². The number of nitrogens with zero attached hydrogens (tertiary/aromatic N) is 1. The van der Waals surface area contributed by atoms with Crippen LogP contribution in [0.15, 0.2) is 0 Å². The van der Waals surface area contributed by atoms with Crippen molar-refractivity contribution in [3.8, 4) is 0 Å². The second kappa shape index (κ2) is 4.31. The Labute approximate surface area is 104 Å². The van der Waals surface area contributed by atoms with Crippen molar-refractivity contribution in [3.05, 3.63) is 0 Å². The van der Waals surface area contributed by atoms with Gasteiger partial charge in [0.15, 0.2) is 5.41 Å². The molecule has 0 aromatic carbocycles. The maximum atomic E-state index is 12.4. The third kappa shape index (κ3) is 2.31. The predicted octanol–water partition coefficient (Wildman–Crippen LogP) is 2.24. The fourth-order valence-electron chi connectivity index (χ4n) is 2.84. The zero-order valence-corrected chi connectivity index (χ0v) is 12.2. The van der Waals surface area contributed by atoms with Gasteiger partial charge in [0.1, 0.15) is 0 Å². The lowest BCUT2D eigenvalue weighted by molar-refractivity contribution is -0.180. The topological polar surface area (TPSA) is 57.6 Å². The quantitative estimate of drug-likeness (QED) is 0.757. The molecule has 1 N–H and O–H groups in total. The molecule has 0 aliphatic carbocycles. The summed E-state index contributed by atoms with van der Waals surface area (Å²) in [5.74, 6) is -1.42. The zero-order valence-electron chi connectivity index (χ0n) is 12.2. The summed E-state index contributed by atoms with van der Waals surface area (Å²) in [7, 11) is 3.19. The summed E-state index contributed by atoms with van der Waals surface area (Å²) in [6.07, 6.45) is 0. The van der Waals surface area contributed by atoms with Gasteiger partial charge in [0.05, 0.1) is 0 Å². The summed E-state index contributed by atoms with van der Waals surface area (Å²) in [6.45, 7) is 10.8. The van der Waals surface area contributed by atoms with Crippen molar-refractivity contribution >= 4 is 11.9 Å². The first-order valence-electron chi connectivity index (χ1n) is 5.75. The highest BCUT2D eigenvalue weighted by molar-refractivity contribution is 6.03. The Morgan fingerprint density at radius 1 is 0.882 bits per heavy atom. The van der Waals surface area contributed by atoms with E-state index >= 15 is 0 Å². The maximum Gasteiger partial charge on any atom is 0.320 e. The normalized spacial score (nSPS) is 13.4. The van der Waals surface area contributed by atoms with Gasteiger partial charge in [-0.1, -0.05) is 41.5 Å². The number of carboxylic acid groups (broad SMARTS) is 1. The van der Waals surface area contributed by atoms with Crippen LogP contribution >= 0.6 is 0 Å². The molecule has 0 heterocycles. The predicted molar refractivity (Wildman–Crippen MR) is 67.7 cm³/mol. The van der Waals surface area contributed by atoms with Crippen molar-refractivity contribution in [1.29, 1.82) is 0 Å². The van der Waals surface area contributed by atoms with Crippen LogP contribution in [0.25, 0.3) is 0 Å². The number of rotatable bonds is 2. The Morgan fingerprint density at radius 3 is 1.24 bits per heavy atom. The molecule has 4 nitrogen and oxygen atoms in total. The lowest BCUT2D eigenvalue weighted by Crippen LogP contribution is -2.60. The Hall–Kier alpha value is -1.06. The molecule has 0 radical (unpaired) electrons. The van der Waals surface area contributed by atoms with Gasteiger partial charge >= 0.3 is 5.97 Å². The van der Waals surface area contributed by atoms with Crippen LogP contribution in [0.2, 0.25) is 0 Å². The molecule has 0 fully saturated rings. The summed E-state index contributed by atoms with van der Waals surface area (Å²) < 4.78 is 0. The maximum absolute atomic E-state index is 12.4. The molecule has 0 saturated heterocycles. The smallest absolute Gasteiger partial charge is 0.320 e. The second-order valence-electron chi connectivity index (χ2n) is 6.75. The van der Waals surface area contributed by atoms with Crippen LogP contribution in [-0.4, -0.2) is 36.0 Å².